The first kappa shape index (κ1) is 24.2. The number of benzene rings is 2. The molecule has 2 aromatic carbocycles. The second-order valence-electron chi connectivity index (χ2n) is 7.06. The van der Waals surface area contributed by atoms with Crippen LogP contribution in [0, 0.1) is 6.92 Å². The average Bonchev–Trinajstić information content (AvgIpc) is 2.73. The summed E-state index contributed by atoms with van der Waals surface area (Å²) in [6.07, 6.45) is 3.29. The molecule has 0 radical (unpaired) electrons. The summed E-state index contributed by atoms with van der Waals surface area (Å²) in [4.78, 5) is 49.7. The summed E-state index contributed by atoms with van der Waals surface area (Å²) in [5, 5.41) is 11.4. The van der Waals surface area contributed by atoms with Crippen LogP contribution >= 0.6 is 27.5 Å². The first-order chi connectivity index (χ1) is 15.6. The van der Waals surface area contributed by atoms with Gasteiger partial charge in [-0.3, -0.25) is 14.9 Å². The third kappa shape index (κ3) is 5.32. The highest BCUT2D eigenvalue weighted by atomic mass is 79.9. The number of carboxylic acids is 1. The average molecular weight is 534 g/mol. The maximum Gasteiger partial charge on any atom is 0.341 e. The lowest BCUT2D eigenvalue weighted by molar-refractivity contribution is -0.139. The van der Waals surface area contributed by atoms with Crippen molar-refractivity contribution in [2.24, 2.45) is 0 Å². The number of carbonyl (C=O) groups is 4. The second kappa shape index (κ2) is 10.0. The second-order valence-corrected chi connectivity index (χ2v) is 8.32. The Kier molecular flexibility index (Phi) is 7.35. The number of imide groups is 2. The van der Waals surface area contributed by atoms with Gasteiger partial charge < -0.3 is 9.84 Å². The fourth-order valence-corrected chi connectivity index (χ4v) is 3.95. The van der Waals surface area contributed by atoms with Crippen molar-refractivity contribution in [1.82, 2.24) is 5.32 Å². The number of amides is 4. The minimum absolute atomic E-state index is 0.220. The van der Waals surface area contributed by atoms with Gasteiger partial charge in [0, 0.05) is 5.02 Å². The number of barbiturate groups is 1. The number of aliphatic carboxylic acids is 1. The lowest BCUT2D eigenvalue weighted by atomic mass is 10.0. The largest absolute Gasteiger partial charge is 0.480 e. The lowest BCUT2D eigenvalue weighted by Gasteiger charge is -2.26. The van der Waals surface area contributed by atoms with Crippen LogP contribution in [0.5, 0.6) is 5.75 Å². The Morgan fingerprint density at radius 1 is 1.27 bits per heavy atom. The van der Waals surface area contributed by atoms with Gasteiger partial charge in [0.2, 0.25) is 0 Å². The molecule has 0 aliphatic carbocycles. The van der Waals surface area contributed by atoms with Crippen molar-refractivity contribution in [3.8, 4) is 5.75 Å². The van der Waals surface area contributed by atoms with E-state index in [4.69, 9.17) is 21.4 Å². The van der Waals surface area contributed by atoms with Gasteiger partial charge in [0.25, 0.3) is 11.8 Å². The van der Waals surface area contributed by atoms with Crippen molar-refractivity contribution in [2.45, 2.75) is 13.3 Å². The highest BCUT2D eigenvalue weighted by Gasteiger charge is 2.37. The minimum Gasteiger partial charge on any atom is -0.480 e. The Hall–Kier alpha value is -3.43. The van der Waals surface area contributed by atoms with Crippen LogP contribution in [0.25, 0.3) is 6.08 Å². The normalized spacial score (nSPS) is 14.9. The van der Waals surface area contributed by atoms with Crippen LogP contribution in [0.3, 0.4) is 0 Å². The predicted octanol–water partition coefficient (Wildman–Crippen LogP) is 4.27. The minimum atomic E-state index is -1.14. The van der Waals surface area contributed by atoms with Gasteiger partial charge in [-0.05, 0) is 76.3 Å². The molecule has 33 heavy (non-hydrogen) atoms. The molecule has 1 heterocycles. The summed E-state index contributed by atoms with van der Waals surface area (Å²) in [5.74, 6) is -2.48. The molecule has 8 nitrogen and oxygen atoms in total. The molecular weight excluding hydrogens is 516 g/mol. The van der Waals surface area contributed by atoms with E-state index in [1.54, 1.807) is 37.3 Å². The third-order valence-corrected chi connectivity index (χ3v) is 5.67. The molecule has 3 rings (SSSR count). The molecule has 1 saturated heterocycles. The van der Waals surface area contributed by atoms with E-state index in [0.29, 0.717) is 32.8 Å². The van der Waals surface area contributed by atoms with Gasteiger partial charge >= 0.3 is 12.0 Å². The number of anilines is 1. The molecule has 1 aliphatic heterocycles. The molecule has 10 heteroatoms. The number of carbonyl (C=O) groups excluding carboxylic acids is 3. The Labute approximate surface area is 202 Å². The van der Waals surface area contributed by atoms with Gasteiger partial charge in [0.15, 0.2) is 6.61 Å². The molecule has 0 bridgehead atoms. The molecule has 4 amide bonds. The van der Waals surface area contributed by atoms with Gasteiger partial charge in [0.1, 0.15) is 11.3 Å². The van der Waals surface area contributed by atoms with Crippen LogP contribution in [-0.2, 0) is 20.8 Å². The topological polar surface area (TPSA) is 113 Å². The zero-order chi connectivity index (χ0) is 24.3. The Bertz CT molecular complexity index is 1220. The Morgan fingerprint density at radius 2 is 2.00 bits per heavy atom. The van der Waals surface area contributed by atoms with Crippen LogP contribution in [0.15, 0.2) is 53.0 Å². The number of urea groups is 1. The van der Waals surface area contributed by atoms with Crippen LogP contribution in [-0.4, -0.2) is 35.5 Å². The Morgan fingerprint density at radius 3 is 2.64 bits per heavy atom. The number of hydrogen-bond acceptors (Lipinski definition) is 5. The standard InChI is InChI=1S/C23H18BrClN2O6/c1-3-4-14-7-13(9-17(24)20(14)33-11-19(28)29)8-16-21(30)26-23(32)27(22(16)31)15-6-5-12(2)18(25)10-15/h3,5-10H,1,4,11H2,2H3,(H,28,29)(H,26,30,32)/b16-8-. The zero-order valence-corrected chi connectivity index (χ0v) is 19.7. The summed E-state index contributed by atoms with van der Waals surface area (Å²) in [6, 6.07) is 7.01. The molecule has 0 unspecified atom stereocenters. The molecule has 0 saturated carbocycles. The Balaban J connectivity index is 2.03. The monoisotopic (exact) mass is 532 g/mol. The van der Waals surface area contributed by atoms with Gasteiger partial charge in [-0.1, -0.05) is 23.7 Å². The van der Waals surface area contributed by atoms with E-state index < -0.39 is 30.4 Å². The first-order valence-electron chi connectivity index (χ1n) is 9.58. The van der Waals surface area contributed by atoms with Crippen LogP contribution in [0.4, 0.5) is 10.5 Å². The molecule has 0 aromatic heterocycles. The maximum absolute atomic E-state index is 13.1. The van der Waals surface area contributed by atoms with Crippen molar-refractivity contribution >= 4 is 63.1 Å². The van der Waals surface area contributed by atoms with E-state index in [1.165, 1.54) is 12.1 Å². The predicted molar refractivity (Wildman–Crippen MR) is 126 cm³/mol. The number of rotatable bonds is 7. The zero-order valence-electron chi connectivity index (χ0n) is 17.4. The summed E-state index contributed by atoms with van der Waals surface area (Å²) in [5.41, 5.74) is 1.77. The molecule has 1 aliphatic rings. The van der Waals surface area contributed by atoms with E-state index >= 15 is 0 Å². The number of allylic oxidation sites excluding steroid dienone is 1. The summed E-state index contributed by atoms with van der Waals surface area (Å²) in [7, 11) is 0. The number of hydrogen-bond donors (Lipinski definition) is 2. The molecular formula is C23H18BrClN2O6. The molecule has 2 aromatic rings. The van der Waals surface area contributed by atoms with Crippen molar-refractivity contribution < 1.29 is 29.0 Å². The highest BCUT2D eigenvalue weighted by molar-refractivity contribution is 9.10. The van der Waals surface area contributed by atoms with Gasteiger partial charge in [-0.25, -0.2) is 14.5 Å². The number of aryl methyl sites for hydroxylation is 1. The summed E-state index contributed by atoms with van der Waals surface area (Å²) < 4.78 is 5.78. The molecule has 1 fully saturated rings. The van der Waals surface area contributed by atoms with E-state index in [2.05, 4.69) is 27.8 Å². The summed E-state index contributed by atoms with van der Waals surface area (Å²) in [6.45, 7) is 4.92. The first-order valence-corrected chi connectivity index (χ1v) is 10.7. The SMILES string of the molecule is C=CCc1cc(/C=C2/C(=O)NC(=O)N(c3ccc(C)c(Cl)c3)C2=O)cc(Br)c1OCC(=O)O. The maximum atomic E-state index is 13.1. The fraction of sp³-hybridized carbons (Fsp3) is 0.130. The van der Waals surface area contributed by atoms with E-state index in [1.807, 2.05) is 0 Å². The highest BCUT2D eigenvalue weighted by Crippen LogP contribution is 2.33. The van der Waals surface area contributed by atoms with Crippen molar-refractivity contribution in [3.05, 3.63) is 74.7 Å². The van der Waals surface area contributed by atoms with Gasteiger partial charge in [-0.2, -0.15) is 0 Å². The quantitative estimate of drug-likeness (QED) is 0.312. The molecule has 2 N–H and O–H groups in total. The number of carboxylic acid groups (broad SMARTS) is 1. The van der Waals surface area contributed by atoms with Crippen molar-refractivity contribution in [3.63, 3.8) is 0 Å². The van der Waals surface area contributed by atoms with Crippen molar-refractivity contribution in [1.29, 1.82) is 0 Å². The lowest BCUT2D eigenvalue weighted by Crippen LogP contribution is -2.54. The number of halogens is 2. The number of nitrogens with zero attached hydrogens (tertiary/aromatic N) is 1. The fourth-order valence-electron chi connectivity index (χ4n) is 3.14. The molecule has 0 spiro atoms. The van der Waals surface area contributed by atoms with Crippen LogP contribution < -0.4 is 15.0 Å². The number of ether oxygens (including phenoxy) is 1. The molecule has 170 valence electrons. The summed E-state index contributed by atoms with van der Waals surface area (Å²) >= 11 is 9.47. The molecule has 0 atom stereocenters. The van der Waals surface area contributed by atoms with Gasteiger partial charge in [-0.15, -0.1) is 6.58 Å². The van der Waals surface area contributed by atoms with Crippen molar-refractivity contribution in [2.75, 3.05) is 11.5 Å². The van der Waals surface area contributed by atoms with E-state index in [9.17, 15) is 19.2 Å². The van der Waals surface area contributed by atoms with Crippen LogP contribution in [0.1, 0.15) is 16.7 Å². The third-order valence-electron chi connectivity index (χ3n) is 4.67. The smallest absolute Gasteiger partial charge is 0.341 e. The van der Waals surface area contributed by atoms with Gasteiger partial charge in [0.05, 0.1) is 10.2 Å². The van der Waals surface area contributed by atoms with E-state index in [-0.39, 0.29) is 11.3 Å². The van der Waals surface area contributed by atoms with E-state index in [0.717, 1.165) is 10.5 Å². The van der Waals surface area contributed by atoms with Crippen LogP contribution in [0.2, 0.25) is 5.02 Å². The number of nitrogens with one attached hydrogen (secondary N) is 1.